The van der Waals surface area contributed by atoms with Gasteiger partial charge in [-0.15, -0.1) is 5.10 Å². The summed E-state index contributed by atoms with van der Waals surface area (Å²) in [4.78, 5) is 78.3. The lowest BCUT2D eigenvalue weighted by atomic mass is 10.0. The highest BCUT2D eigenvalue weighted by molar-refractivity contribution is 5.97. The maximum absolute atomic E-state index is 13.4. The maximum atomic E-state index is 13.4. The molecule has 0 fully saturated rings. The third kappa shape index (κ3) is 15.8. The van der Waals surface area contributed by atoms with Gasteiger partial charge in [-0.25, -0.2) is 19.9 Å². The lowest BCUT2D eigenvalue weighted by Crippen LogP contribution is -2.31. The summed E-state index contributed by atoms with van der Waals surface area (Å²) in [5, 5.41) is 14.4. The number of hydrogen-bond donors (Lipinski definition) is 6. The highest BCUT2D eigenvalue weighted by Crippen LogP contribution is 2.33. The average molecular weight is 1300 g/mol. The summed E-state index contributed by atoms with van der Waals surface area (Å²) in [6, 6.07) is 55.1. The molecule has 6 N–H and O–H groups in total. The van der Waals surface area contributed by atoms with Crippen LogP contribution in [0.25, 0.3) is 112 Å². The lowest BCUT2D eigenvalue weighted by Gasteiger charge is -2.17. The standard InChI is InChI=1S/C75H76N16O6/c1-88(2)34-7-38-97-60-26-20-51(21-27-60)72-81-64-31-25-58(45-68(64)85-72)56-23-29-61-65(43-56)82-69(78-61)48-8-14-52(15-9-48)73(92)76-32-6-35-91-46-59(86-87-91)47-96-41-40-95-39-37-90(5)75(94)54-18-12-50(13-19-54)71-80-63-30-24-57(44-67(63)84-71)55-22-28-62-66(42-55)83-70(79-62)49-10-16-53(17-11-49)74(93)77-33-36-89(3)4/h8-31,42-46H,6-7,32-41,47H2,1-5H3,(H,76,92)(H,77,93)(H,78,82)(H,79,83)(H,80,84)(H,81,85). The van der Waals surface area contributed by atoms with Crippen LogP contribution in [-0.4, -0.2) is 182 Å². The molecule has 22 heteroatoms. The van der Waals surface area contributed by atoms with Crippen LogP contribution in [0.4, 0.5) is 0 Å². The van der Waals surface area contributed by atoms with E-state index in [9.17, 15) is 14.4 Å². The van der Waals surface area contributed by atoms with E-state index >= 15 is 0 Å². The quantitative estimate of drug-likeness (QED) is 0.0238. The minimum Gasteiger partial charge on any atom is -0.494 e. The van der Waals surface area contributed by atoms with Gasteiger partial charge in [0.25, 0.3) is 17.7 Å². The fraction of sp³-hybridized carbons (Fsp3) is 0.240. The summed E-state index contributed by atoms with van der Waals surface area (Å²) < 4.78 is 19.3. The van der Waals surface area contributed by atoms with E-state index < -0.39 is 0 Å². The molecule has 0 aliphatic rings. The van der Waals surface area contributed by atoms with Gasteiger partial charge < -0.3 is 59.5 Å². The first-order valence-electron chi connectivity index (χ1n) is 32.5. The zero-order valence-electron chi connectivity index (χ0n) is 54.9. The SMILES string of the molecule is CN(C)CCCOc1ccc(-c2nc3cc(-c4ccc5[nH]c(-c6ccc(C(=O)NCCCn7cc(COCCOCCN(C)C(=O)c8ccc(-c9nc%10cc(-c%11ccc%12[nH]c(-c%13ccc(C(=O)NCCN(C)C)cc%13)nc%12c%11)ccc%10[nH]9)cc8)nn7)cc6)nc5c4)ccc3[nH]2)cc1. The van der Waals surface area contributed by atoms with E-state index in [4.69, 9.17) is 34.1 Å². The van der Waals surface area contributed by atoms with E-state index in [1.54, 1.807) is 16.6 Å². The largest absolute Gasteiger partial charge is 0.494 e. The van der Waals surface area contributed by atoms with Crippen molar-refractivity contribution in [2.24, 2.45) is 0 Å². The van der Waals surface area contributed by atoms with Gasteiger partial charge in [0.1, 0.15) is 34.7 Å². The molecule has 13 aromatic rings. The smallest absolute Gasteiger partial charge is 0.253 e. The average Bonchev–Trinajstić information content (AvgIpc) is 1.71. The van der Waals surface area contributed by atoms with E-state index in [1.807, 2.05) is 140 Å². The van der Waals surface area contributed by atoms with Gasteiger partial charge in [-0.05, 0) is 172 Å². The van der Waals surface area contributed by atoms with Gasteiger partial charge in [-0.1, -0.05) is 65.9 Å². The molecule has 0 radical (unpaired) electrons. The Morgan fingerprint density at radius 3 is 1.30 bits per heavy atom. The molecule has 5 aromatic heterocycles. The van der Waals surface area contributed by atoms with Gasteiger partial charge >= 0.3 is 0 Å². The Kier molecular flexibility index (Phi) is 19.7. The molecule has 97 heavy (non-hydrogen) atoms. The van der Waals surface area contributed by atoms with Crippen molar-refractivity contribution in [1.82, 2.24) is 80.2 Å². The summed E-state index contributed by atoms with van der Waals surface area (Å²) >= 11 is 0. The number of rotatable bonds is 29. The first kappa shape index (κ1) is 64.5. The molecular weight excluding hydrogens is 1220 g/mol. The van der Waals surface area contributed by atoms with Crippen molar-refractivity contribution in [3.05, 3.63) is 198 Å². The van der Waals surface area contributed by atoms with E-state index in [2.05, 4.69) is 114 Å². The fourth-order valence-corrected chi connectivity index (χ4v) is 11.4. The van der Waals surface area contributed by atoms with E-state index in [1.165, 1.54) is 0 Å². The molecule has 8 aromatic carbocycles. The van der Waals surface area contributed by atoms with Crippen LogP contribution in [0, 0.1) is 0 Å². The number of ether oxygens (including phenoxy) is 3. The zero-order chi connectivity index (χ0) is 66.8. The van der Waals surface area contributed by atoms with Crippen LogP contribution in [0.3, 0.4) is 0 Å². The number of nitrogens with one attached hydrogen (secondary N) is 6. The number of likely N-dealkylation sites (N-methyl/N-ethyl adjacent to an activating group) is 2. The molecule has 0 unspecified atom stereocenters. The van der Waals surface area contributed by atoms with Crippen LogP contribution in [-0.2, 0) is 22.6 Å². The molecule has 0 aliphatic heterocycles. The molecule has 22 nitrogen and oxygen atoms in total. The number of fused-ring (bicyclic) bond motifs is 4. The summed E-state index contributed by atoms with van der Waals surface area (Å²) in [5.41, 5.74) is 17.1. The van der Waals surface area contributed by atoms with Crippen LogP contribution < -0.4 is 15.4 Å². The maximum Gasteiger partial charge on any atom is 0.253 e. The Morgan fingerprint density at radius 1 is 0.433 bits per heavy atom. The molecule has 3 amide bonds. The minimum atomic E-state index is -0.162. The minimum absolute atomic E-state index is 0.102. The molecule has 0 saturated carbocycles. The third-order valence-corrected chi connectivity index (χ3v) is 16.8. The van der Waals surface area contributed by atoms with Gasteiger partial charge in [0.15, 0.2) is 0 Å². The highest BCUT2D eigenvalue weighted by Gasteiger charge is 2.17. The summed E-state index contributed by atoms with van der Waals surface area (Å²) in [6.45, 7) is 5.76. The Hall–Kier alpha value is -11.2. The number of H-pyrrole nitrogens is 4. The van der Waals surface area contributed by atoms with Crippen molar-refractivity contribution < 1.29 is 28.6 Å². The van der Waals surface area contributed by atoms with Crippen LogP contribution in [0.15, 0.2) is 176 Å². The second kappa shape index (κ2) is 29.6. The summed E-state index contributed by atoms with van der Waals surface area (Å²) in [6.07, 6.45) is 3.46. The van der Waals surface area contributed by atoms with Crippen molar-refractivity contribution in [2.45, 2.75) is 26.0 Å². The molecule has 13 rings (SSSR count). The number of aromatic nitrogens is 11. The lowest BCUT2D eigenvalue weighted by molar-refractivity contribution is 0.0322. The van der Waals surface area contributed by atoms with Crippen molar-refractivity contribution in [3.63, 3.8) is 0 Å². The van der Waals surface area contributed by atoms with Gasteiger partial charge in [0.05, 0.1) is 83.4 Å². The first-order valence-corrected chi connectivity index (χ1v) is 32.5. The van der Waals surface area contributed by atoms with Crippen LogP contribution in [0.1, 0.15) is 49.6 Å². The number of imidazole rings is 4. The second-order valence-corrected chi connectivity index (χ2v) is 24.6. The summed E-state index contributed by atoms with van der Waals surface area (Å²) in [5.74, 6) is 3.41. The van der Waals surface area contributed by atoms with Crippen LogP contribution >= 0.6 is 0 Å². The first-order chi connectivity index (χ1) is 47.3. The number of aromatic amines is 4. The third-order valence-electron chi connectivity index (χ3n) is 16.8. The highest BCUT2D eigenvalue weighted by atomic mass is 16.5. The Morgan fingerprint density at radius 2 is 0.845 bits per heavy atom. The van der Waals surface area contributed by atoms with Gasteiger partial charge in [0.2, 0.25) is 0 Å². The zero-order valence-corrected chi connectivity index (χ0v) is 54.9. The topological polar surface area (TPSA) is 258 Å². The monoisotopic (exact) mass is 1300 g/mol. The van der Waals surface area contributed by atoms with Gasteiger partial charge in [-0.3, -0.25) is 19.1 Å². The van der Waals surface area contributed by atoms with Crippen LogP contribution in [0.5, 0.6) is 5.75 Å². The van der Waals surface area contributed by atoms with E-state index in [-0.39, 0.29) is 24.3 Å². The molecule has 0 aliphatic carbocycles. The van der Waals surface area contributed by atoms with Crippen molar-refractivity contribution in [2.75, 3.05) is 94.4 Å². The summed E-state index contributed by atoms with van der Waals surface area (Å²) in [7, 11) is 9.83. The Balaban J connectivity index is 0.502. The fourth-order valence-electron chi connectivity index (χ4n) is 11.4. The molecule has 0 saturated heterocycles. The van der Waals surface area contributed by atoms with E-state index in [0.29, 0.717) is 93.1 Å². The molecule has 0 bridgehead atoms. The Bertz CT molecular complexity index is 4880. The normalized spacial score (nSPS) is 11.7. The van der Waals surface area contributed by atoms with Crippen LogP contribution in [0.2, 0.25) is 0 Å². The molecule has 0 spiro atoms. The molecule has 0 atom stereocenters. The number of aryl methyl sites for hydroxylation is 1. The number of hydrogen-bond acceptors (Lipinski definition) is 14. The predicted octanol–water partition coefficient (Wildman–Crippen LogP) is 11.5. The number of carbonyl (C=O) groups is 3. The van der Waals surface area contributed by atoms with Gasteiger partial charge in [-0.2, -0.15) is 0 Å². The van der Waals surface area contributed by atoms with Crippen molar-refractivity contribution in [1.29, 1.82) is 0 Å². The number of carbonyl (C=O) groups excluding carboxylic acids is 3. The van der Waals surface area contributed by atoms with Crippen molar-refractivity contribution >= 4 is 61.9 Å². The van der Waals surface area contributed by atoms with Gasteiger partial charge in [0, 0.05) is 85.3 Å². The molecule has 5 heterocycles. The number of amides is 3. The van der Waals surface area contributed by atoms with E-state index in [0.717, 1.165) is 126 Å². The molecular formula is C75H76N16O6. The second-order valence-electron chi connectivity index (χ2n) is 24.6. The molecule has 492 valence electrons. The number of nitrogens with zero attached hydrogens (tertiary/aromatic N) is 10. The van der Waals surface area contributed by atoms with Crippen molar-refractivity contribution in [3.8, 4) is 73.6 Å². The number of benzene rings is 8. The Labute approximate surface area is 560 Å². The predicted molar refractivity (Wildman–Crippen MR) is 378 cm³/mol.